The maximum absolute atomic E-state index is 12.9. The average Bonchev–Trinajstić information content (AvgIpc) is 3.70. The molecule has 2 aromatic rings. The van der Waals surface area contributed by atoms with Gasteiger partial charge < -0.3 is 35.3 Å². The number of nitrogens with two attached hydrogens (primary N) is 1. The molecule has 1 atom stereocenters. The van der Waals surface area contributed by atoms with Crippen molar-refractivity contribution in [1.29, 1.82) is 0 Å². The number of alkyl carbamates (subject to hydrolysis) is 1. The second-order valence-corrected chi connectivity index (χ2v) is 11.2. The molecular weight excluding hydrogens is 500 g/mol. The zero-order valence-corrected chi connectivity index (χ0v) is 23.3. The number of rotatable bonds is 8. The number of carbonyl (C=O) groups is 2. The van der Waals surface area contributed by atoms with E-state index < -0.39 is 11.7 Å². The van der Waals surface area contributed by atoms with Crippen molar-refractivity contribution >= 4 is 18.0 Å². The number of phenolic OH excluding ortho intramolecular Hbond substituents is 1. The summed E-state index contributed by atoms with van der Waals surface area (Å²) >= 11 is 0. The van der Waals surface area contributed by atoms with Crippen molar-refractivity contribution < 1.29 is 28.9 Å². The number of anilines is 1. The summed E-state index contributed by atoms with van der Waals surface area (Å²) in [6.45, 7) is 9.22. The quantitative estimate of drug-likeness (QED) is 0.416. The van der Waals surface area contributed by atoms with Crippen molar-refractivity contribution in [3.63, 3.8) is 0 Å². The smallest absolute Gasteiger partial charge is 0.410 e. The third-order valence-electron chi connectivity index (χ3n) is 6.82. The van der Waals surface area contributed by atoms with Crippen LogP contribution in [0.4, 0.5) is 15.4 Å². The number of likely N-dealkylation sites (tertiary alicyclic amines) is 1. The number of phenols is 1. The van der Waals surface area contributed by atoms with Gasteiger partial charge in [0.15, 0.2) is 0 Å². The van der Waals surface area contributed by atoms with Crippen LogP contribution in [-0.4, -0.2) is 59.1 Å². The van der Waals surface area contributed by atoms with Crippen molar-refractivity contribution in [2.75, 3.05) is 32.0 Å². The number of benzene rings is 1. The molecule has 4 rings (SSSR count). The number of aromatic hydroxyl groups is 1. The standard InChI is InChI=1S/C29H40N4O6/c1-5-37-27(35)31-15-21-20(19-8-7-13-33(16-19)28(36)39-29(2,3)4)14-22(32-26(21)30)25-23(34)9-6-10-24(25)38-17-18-11-12-18/h6,9-10,14,18-19,34H,5,7-8,11-13,15-17H2,1-4H3,(H2,30,32)(H,31,35). The molecule has 10 nitrogen and oxygen atoms in total. The monoisotopic (exact) mass is 540 g/mol. The van der Waals surface area contributed by atoms with Gasteiger partial charge in [-0.1, -0.05) is 6.07 Å². The lowest BCUT2D eigenvalue weighted by Crippen LogP contribution is -2.42. The minimum absolute atomic E-state index is 0.0394. The van der Waals surface area contributed by atoms with E-state index in [0.717, 1.165) is 31.2 Å². The molecule has 2 amide bonds. The Bertz CT molecular complexity index is 1190. The van der Waals surface area contributed by atoms with Gasteiger partial charge in [0.05, 0.1) is 31.0 Å². The number of carbonyl (C=O) groups excluding carboxylic acids is 2. The first-order valence-corrected chi connectivity index (χ1v) is 13.7. The van der Waals surface area contributed by atoms with Gasteiger partial charge in [0.25, 0.3) is 0 Å². The zero-order valence-electron chi connectivity index (χ0n) is 23.3. The lowest BCUT2D eigenvalue weighted by molar-refractivity contribution is 0.0198. The molecule has 212 valence electrons. The number of aromatic nitrogens is 1. The Labute approximate surface area is 229 Å². The zero-order chi connectivity index (χ0) is 28.2. The van der Waals surface area contributed by atoms with E-state index in [0.29, 0.717) is 48.2 Å². The molecule has 10 heteroatoms. The Hall–Kier alpha value is -3.69. The fourth-order valence-corrected chi connectivity index (χ4v) is 4.75. The summed E-state index contributed by atoms with van der Waals surface area (Å²) in [5.74, 6) is 1.25. The van der Waals surface area contributed by atoms with Gasteiger partial charge in [-0.15, -0.1) is 0 Å². The molecule has 1 aromatic carbocycles. The second-order valence-electron chi connectivity index (χ2n) is 11.2. The van der Waals surface area contributed by atoms with Crippen molar-refractivity contribution in [3.05, 3.63) is 35.4 Å². The molecule has 1 aromatic heterocycles. The lowest BCUT2D eigenvalue weighted by Gasteiger charge is -2.35. The molecule has 1 saturated heterocycles. The van der Waals surface area contributed by atoms with Gasteiger partial charge >= 0.3 is 12.2 Å². The topological polar surface area (TPSA) is 136 Å². The maximum atomic E-state index is 12.9. The van der Waals surface area contributed by atoms with Crippen molar-refractivity contribution in [2.24, 2.45) is 5.92 Å². The minimum Gasteiger partial charge on any atom is -0.507 e. The van der Waals surface area contributed by atoms with Crippen LogP contribution in [0.2, 0.25) is 0 Å². The normalized spacial score (nSPS) is 17.4. The fourth-order valence-electron chi connectivity index (χ4n) is 4.75. The molecule has 2 fully saturated rings. The van der Waals surface area contributed by atoms with Crippen molar-refractivity contribution in [1.82, 2.24) is 15.2 Å². The highest BCUT2D eigenvalue weighted by atomic mass is 16.6. The minimum atomic E-state index is -0.602. The number of amides is 2. The highest BCUT2D eigenvalue weighted by Crippen LogP contribution is 2.41. The molecule has 1 unspecified atom stereocenters. The number of hydrogen-bond donors (Lipinski definition) is 3. The lowest BCUT2D eigenvalue weighted by atomic mass is 9.86. The number of nitrogen functional groups attached to an aromatic ring is 1. The summed E-state index contributed by atoms with van der Waals surface area (Å²) in [5, 5.41) is 13.6. The fraction of sp³-hybridized carbons (Fsp3) is 0.552. The molecule has 1 saturated carbocycles. The molecule has 2 aliphatic rings. The maximum Gasteiger partial charge on any atom is 0.410 e. The van der Waals surface area contributed by atoms with Gasteiger partial charge in [0.1, 0.15) is 22.9 Å². The van der Waals surface area contributed by atoms with Gasteiger partial charge in [0, 0.05) is 24.6 Å². The summed E-state index contributed by atoms with van der Waals surface area (Å²) in [5.41, 5.74) is 8.34. The summed E-state index contributed by atoms with van der Waals surface area (Å²) in [6.07, 6.45) is 2.95. The first-order chi connectivity index (χ1) is 18.6. The molecule has 2 heterocycles. The van der Waals surface area contributed by atoms with Gasteiger partial charge in [-0.3, -0.25) is 0 Å². The Kier molecular flexibility index (Phi) is 8.72. The molecule has 0 spiro atoms. The molecule has 1 aliphatic carbocycles. The van der Waals surface area contributed by atoms with Crippen LogP contribution in [0.15, 0.2) is 24.3 Å². The predicted molar refractivity (Wildman–Crippen MR) is 148 cm³/mol. The third-order valence-corrected chi connectivity index (χ3v) is 6.82. The van der Waals surface area contributed by atoms with Gasteiger partial charge in [0.2, 0.25) is 0 Å². The summed E-state index contributed by atoms with van der Waals surface area (Å²) in [7, 11) is 0. The Morgan fingerprint density at radius 3 is 2.69 bits per heavy atom. The van der Waals surface area contributed by atoms with E-state index in [1.807, 2.05) is 32.9 Å². The average molecular weight is 541 g/mol. The van der Waals surface area contributed by atoms with Crippen molar-refractivity contribution in [3.8, 4) is 22.8 Å². The van der Waals surface area contributed by atoms with Gasteiger partial charge in [-0.25, -0.2) is 14.6 Å². The molecule has 1 aliphatic heterocycles. The van der Waals surface area contributed by atoms with Crippen LogP contribution in [0, 0.1) is 5.92 Å². The van der Waals surface area contributed by atoms with Crippen LogP contribution in [0.3, 0.4) is 0 Å². The van der Waals surface area contributed by atoms with Gasteiger partial charge in [-0.2, -0.15) is 0 Å². The van der Waals surface area contributed by atoms with Crippen LogP contribution in [0.25, 0.3) is 11.3 Å². The highest BCUT2D eigenvalue weighted by Gasteiger charge is 2.31. The third kappa shape index (κ3) is 7.46. The Balaban J connectivity index is 1.70. The Morgan fingerprint density at radius 2 is 2.00 bits per heavy atom. The van der Waals surface area contributed by atoms with Crippen LogP contribution in [0.5, 0.6) is 11.5 Å². The van der Waals surface area contributed by atoms with Crippen LogP contribution in [-0.2, 0) is 16.0 Å². The number of hydrogen-bond acceptors (Lipinski definition) is 8. The molecule has 39 heavy (non-hydrogen) atoms. The number of nitrogens with one attached hydrogen (secondary N) is 1. The number of piperidine rings is 1. The largest absolute Gasteiger partial charge is 0.507 e. The van der Waals surface area contributed by atoms with E-state index >= 15 is 0 Å². The van der Waals surface area contributed by atoms with Crippen LogP contribution >= 0.6 is 0 Å². The summed E-state index contributed by atoms with van der Waals surface area (Å²) in [6, 6.07) is 7.04. The van der Waals surface area contributed by atoms with Crippen LogP contribution in [0.1, 0.15) is 70.4 Å². The summed E-state index contributed by atoms with van der Waals surface area (Å²) in [4.78, 5) is 31.3. The number of pyridine rings is 1. The highest BCUT2D eigenvalue weighted by molar-refractivity contribution is 5.76. The number of ether oxygens (including phenoxy) is 3. The van der Waals surface area contributed by atoms with E-state index in [1.54, 1.807) is 24.0 Å². The summed E-state index contributed by atoms with van der Waals surface area (Å²) < 4.78 is 16.7. The Morgan fingerprint density at radius 1 is 1.23 bits per heavy atom. The molecule has 0 bridgehead atoms. The van der Waals surface area contributed by atoms with E-state index in [9.17, 15) is 14.7 Å². The first-order valence-electron chi connectivity index (χ1n) is 13.7. The second kappa shape index (κ2) is 12.0. The molecule has 0 radical (unpaired) electrons. The van der Waals surface area contributed by atoms with Crippen molar-refractivity contribution in [2.45, 2.75) is 71.4 Å². The van der Waals surface area contributed by atoms with E-state index in [4.69, 9.17) is 19.9 Å². The molecule has 4 N–H and O–H groups in total. The molecular formula is C29H40N4O6. The van der Waals surface area contributed by atoms with E-state index in [1.165, 1.54) is 0 Å². The van der Waals surface area contributed by atoms with Crippen LogP contribution < -0.4 is 15.8 Å². The van der Waals surface area contributed by atoms with E-state index in [-0.39, 0.29) is 36.7 Å². The van der Waals surface area contributed by atoms with E-state index in [2.05, 4.69) is 10.3 Å². The van der Waals surface area contributed by atoms with Gasteiger partial charge in [-0.05, 0) is 83.1 Å². The first kappa shape index (κ1) is 28.3. The SMILES string of the molecule is CCOC(=O)NCc1c(C2CCCN(C(=O)OC(C)(C)C)C2)cc(-c2c(O)cccc2OCC2CC2)nc1N. The predicted octanol–water partition coefficient (Wildman–Crippen LogP) is 5.19. The number of nitrogens with zero attached hydrogens (tertiary/aromatic N) is 2.